The Morgan fingerprint density at radius 1 is 1.23 bits per heavy atom. The number of likely N-dealkylation sites (tertiary alicyclic amines) is 1. The molecule has 39 heavy (non-hydrogen) atoms. The van der Waals surface area contributed by atoms with Gasteiger partial charge in [0.1, 0.15) is 29.3 Å². The molecular weight excluding hydrogens is 498 g/mol. The Hall–Kier alpha value is -2.29. The first-order chi connectivity index (χ1) is 18.5. The highest BCUT2D eigenvalue weighted by molar-refractivity contribution is 5.68. The zero-order valence-corrected chi connectivity index (χ0v) is 24.5. The highest BCUT2D eigenvalue weighted by atomic mass is 16.6. The number of hydrogen-bond acceptors (Lipinski definition) is 7. The van der Waals surface area contributed by atoms with E-state index in [-0.39, 0.29) is 36.7 Å². The first-order valence-corrected chi connectivity index (χ1v) is 14.4. The number of carbonyl (C=O) groups is 1. The summed E-state index contributed by atoms with van der Waals surface area (Å²) in [6.45, 7) is 14.6. The summed E-state index contributed by atoms with van der Waals surface area (Å²) >= 11 is 0. The van der Waals surface area contributed by atoms with Gasteiger partial charge in [-0.1, -0.05) is 11.6 Å². The van der Waals surface area contributed by atoms with Crippen LogP contribution < -0.4 is 9.47 Å². The number of fused-ring (bicyclic) bond motifs is 4. The largest absolute Gasteiger partial charge is 0.491 e. The maximum absolute atomic E-state index is 12.8. The van der Waals surface area contributed by atoms with Crippen molar-refractivity contribution in [3.63, 3.8) is 0 Å². The Kier molecular flexibility index (Phi) is 9.50. The van der Waals surface area contributed by atoms with Crippen molar-refractivity contribution in [2.45, 2.75) is 90.6 Å². The van der Waals surface area contributed by atoms with Gasteiger partial charge in [-0.2, -0.15) is 0 Å². The van der Waals surface area contributed by atoms with Crippen molar-refractivity contribution in [1.82, 2.24) is 4.90 Å². The monoisotopic (exact) mass is 545 g/mol. The summed E-state index contributed by atoms with van der Waals surface area (Å²) < 4.78 is 30.6. The van der Waals surface area contributed by atoms with Crippen molar-refractivity contribution in [2.75, 3.05) is 39.5 Å². The molecule has 0 spiro atoms. The van der Waals surface area contributed by atoms with Gasteiger partial charge in [-0.25, -0.2) is 4.79 Å². The normalized spacial score (nSPS) is 27.9. The van der Waals surface area contributed by atoms with Crippen molar-refractivity contribution in [1.29, 1.82) is 0 Å². The lowest BCUT2D eigenvalue weighted by Gasteiger charge is -2.54. The first kappa shape index (κ1) is 29.7. The molecule has 2 fully saturated rings. The molecular formula is C31H47NO7. The van der Waals surface area contributed by atoms with Crippen LogP contribution in [0.25, 0.3) is 0 Å². The summed E-state index contributed by atoms with van der Waals surface area (Å²) in [5.74, 6) is 1.97. The molecule has 2 saturated heterocycles. The zero-order chi connectivity index (χ0) is 28.2. The molecule has 3 aliphatic heterocycles. The van der Waals surface area contributed by atoms with Gasteiger partial charge < -0.3 is 33.7 Å². The van der Waals surface area contributed by atoms with Gasteiger partial charge in [-0.05, 0) is 85.4 Å². The fourth-order valence-electron chi connectivity index (χ4n) is 6.03. The minimum absolute atomic E-state index is 0.000664. The number of aliphatic hydroxyl groups excluding tert-OH is 1. The number of ether oxygens (including phenoxy) is 5. The second-order valence-electron chi connectivity index (χ2n) is 12.5. The smallest absolute Gasteiger partial charge is 0.410 e. The fraction of sp³-hybridized carbons (Fsp3) is 0.710. The quantitative estimate of drug-likeness (QED) is 0.316. The van der Waals surface area contributed by atoms with Crippen LogP contribution in [0.15, 0.2) is 29.8 Å². The van der Waals surface area contributed by atoms with E-state index in [2.05, 4.69) is 26.8 Å². The molecule has 0 bridgehead atoms. The number of piperidine rings is 1. The van der Waals surface area contributed by atoms with E-state index in [1.54, 1.807) is 0 Å². The average Bonchev–Trinajstić information content (AvgIpc) is 2.86. The highest BCUT2D eigenvalue weighted by Gasteiger charge is 2.53. The molecule has 1 aromatic carbocycles. The lowest BCUT2D eigenvalue weighted by Crippen LogP contribution is -2.57. The molecule has 0 radical (unpaired) electrons. The van der Waals surface area contributed by atoms with Crippen LogP contribution in [0.4, 0.5) is 4.79 Å². The summed E-state index contributed by atoms with van der Waals surface area (Å²) in [4.78, 5) is 14.7. The van der Waals surface area contributed by atoms with Crippen LogP contribution in [0, 0.1) is 11.8 Å². The number of nitrogens with zero attached hydrogens (tertiary/aromatic N) is 1. The molecule has 4 rings (SSSR count). The predicted octanol–water partition coefficient (Wildman–Crippen LogP) is 5.68. The number of carbonyl (C=O) groups excluding carboxylic acids is 1. The van der Waals surface area contributed by atoms with Crippen LogP contribution in [-0.2, 0) is 14.2 Å². The topological polar surface area (TPSA) is 86.7 Å². The summed E-state index contributed by atoms with van der Waals surface area (Å²) in [6.07, 6.45) is 5.52. The molecule has 3 aliphatic rings. The van der Waals surface area contributed by atoms with Gasteiger partial charge in [0.05, 0.1) is 32.0 Å². The summed E-state index contributed by atoms with van der Waals surface area (Å²) in [5.41, 5.74) is 1.42. The average molecular weight is 546 g/mol. The van der Waals surface area contributed by atoms with Crippen LogP contribution in [-0.4, -0.2) is 72.9 Å². The second-order valence-corrected chi connectivity index (χ2v) is 12.5. The molecule has 5 atom stereocenters. The van der Waals surface area contributed by atoms with Crippen LogP contribution in [0.1, 0.15) is 78.9 Å². The minimum atomic E-state index is -0.517. The number of rotatable bonds is 9. The van der Waals surface area contributed by atoms with E-state index in [4.69, 9.17) is 28.8 Å². The Morgan fingerprint density at radius 3 is 2.74 bits per heavy atom. The van der Waals surface area contributed by atoms with Gasteiger partial charge in [-0.3, -0.25) is 0 Å². The van der Waals surface area contributed by atoms with Crippen molar-refractivity contribution in [3.05, 3.63) is 35.4 Å². The van der Waals surface area contributed by atoms with Gasteiger partial charge in [0.15, 0.2) is 0 Å². The number of benzene rings is 1. The third kappa shape index (κ3) is 7.47. The van der Waals surface area contributed by atoms with Gasteiger partial charge in [0.25, 0.3) is 0 Å². The molecule has 3 heterocycles. The molecule has 1 aromatic rings. The second kappa shape index (κ2) is 12.5. The maximum atomic E-state index is 12.8. The summed E-state index contributed by atoms with van der Waals surface area (Å²) in [6, 6.07) is 5.98. The molecule has 8 nitrogen and oxygen atoms in total. The van der Waals surface area contributed by atoms with Crippen molar-refractivity contribution >= 4 is 6.09 Å². The standard InChI is InChI=1S/C31H47NO7/c1-21(2)8-7-12-31(6)25-18-22-20-32(29(34)39-30(3,4)5)13-11-26(22)37-28(25)24-19-23(9-10-27(24)38-31)36-17-16-35-15-14-33/h8-10,19,22,25-26,28,33H,7,11-18,20H2,1-6H3/t22-,25-,26-,28+,31+/m0/s1. The lowest BCUT2D eigenvalue weighted by molar-refractivity contribution is -0.191. The van der Waals surface area contributed by atoms with Crippen LogP contribution in [0.2, 0.25) is 0 Å². The Balaban J connectivity index is 1.54. The maximum Gasteiger partial charge on any atom is 0.410 e. The molecule has 0 aliphatic carbocycles. The lowest BCUT2D eigenvalue weighted by atomic mass is 9.68. The van der Waals surface area contributed by atoms with Crippen molar-refractivity contribution in [3.8, 4) is 11.5 Å². The summed E-state index contributed by atoms with van der Waals surface area (Å²) in [7, 11) is 0. The van der Waals surface area contributed by atoms with Gasteiger partial charge in [0, 0.05) is 30.5 Å². The van der Waals surface area contributed by atoms with E-state index in [9.17, 15) is 4.79 Å². The van der Waals surface area contributed by atoms with E-state index in [1.807, 2.05) is 43.9 Å². The molecule has 8 heteroatoms. The van der Waals surface area contributed by atoms with Crippen molar-refractivity contribution in [2.24, 2.45) is 11.8 Å². The van der Waals surface area contributed by atoms with E-state index >= 15 is 0 Å². The van der Waals surface area contributed by atoms with Crippen molar-refractivity contribution < 1.29 is 33.6 Å². The van der Waals surface area contributed by atoms with Crippen LogP contribution in [0.3, 0.4) is 0 Å². The SMILES string of the molecule is CC(C)=CCC[C@@]1(C)Oc2ccc(OCCOCCO)cc2[C@H]2O[C@H]3CCN(C(=O)OC(C)(C)C)C[C@@H]3C[C@@H]21. The number of aliphatic hydroxyl groups is 1. The van der Waals surface area contributed by atoms with Gasteiger partial charge in [0.2, 0.25) is 0 Å². The van der Waals surface area contributed by atoms with E-state index in [0.717, 1.165) is 42.7 Å². The van der Waals surface area contributed by atoms with E-state index in [0.29, 0.717) is 32.9 Å². The Labute approximate surface area is 233 Å². The number of amides is 1. The minimum Gasteiger partial charge on any atom is -0.491 e. The van der Waals surface area contributed by atoms with Gasteiger partial charge in [-0.15, -0.1) is 0 Å². The number of hydrogen-bond donors (Lipinski definition) is 1. The number of allylic oxidation sites excluding steroid dienone is 2. The first-order valence-electron chi connectivity index (χ1n) is 14.4. The Bertz CT molecular complexity index is 1010. The molecule has 218 valence electrons. The zero-order valence-electron chi connectivity index (χ0n) is 24.5. The van der Waals surface area contributed by atoms with E-state index < -0.39 is 11.2 Å². The third-order valence-corrected chi connectivity index (χ3v) is 7.90. The van der Waals surface area contributed by atoms with Crippen LogP contribution >= 0.6 is 0 Å². The predicted molar refractivity (Wildman–Crippen MR) is 149 cm³/mol. The molecule has 0 saturated carbocycles. The molecule has 1 amide bonds. The van der Waals surface area contributed by atoms with E-state index in [1.165, 1.54) is 5.57 Å². The fourth-order valence-corrected chi connectivity index (χ4v) is 6.03. The van der Waals surface area contributed by atoms with Crippen LogP contribution in [0.5, 0.6) is 11.5 Å². The molecule has 0 unspecified atom stereocenters. The van der Waals surface area contributed by atoms with Gasteiger partial charge >= 0.3 is 6.09 Å². The highest BCUT2D eigenvalue weighted by Crippen LogP contribution is 2.55. The third-order valence-electron chi connectivity index (χ3n) is 7.90. The Morgan fingerprint density at radius 2 is 2.03 bits per heavy atom. The molecule has 0 aromatic heterocycles. The summed E-state index contributed by atoms with van der Waals surface area (Å²) in [5, 5.41) is 8.89. The molecule has 1 N–H and O–H groups in total.